The Balaban J connectivity index is 1.59. The Morgan fingerprint density at radius 1 is 0.970 bits per heavy atom. The maximum atomic E-state index is 13.1. The molecular weight excluding hydrogens is 436 g/mol. The van der Waals surface area contributed by atoms with Gasteiger partial charge >= 0.3 is 0 Å². The highest BCUT2D eigenvalue weighted by atomic mass is 32.1. The molecule has 1 N–H and O–H groups in total. The summed E-state index contributed by atoms with van der Waals surface area (Å²) in [4.78, 5) is 27.0. The third kappa shape index (κ3) is 4.94. The molecule has 1 heterocycles. The number of anilines is 1. The van der Waals surface area contributed by atoms with E-state index in [1.165, 1.54) is 11.0 Å². The number of hydrogen-bond acceptors (Lipinski definition) is 5. The van der Waals surface area contributed by atoms with E-state index < -0.39 is 11.8 Å². The number of amides is 2. The first kappa shape index (κ1) is 22.2. The molecule has 0 spiro atoms. The molecule has 0 bridgehead atoms. The molecule has 0 aromatic heterocycles. The number of benzene rings is 3. The van der Waals surface area contributed by atoms with E-state index in [4.69, 9.17) is 21.7 Å². The van der Waals surface area contributed by atoms with Crippen LogP contribution in [0.5, 0.6) is 11.5 Å². The summed E-state index contributed by atoms with van der Waals surface area (Å²) in [5.74, 6) is 0.0217. The Labute approximate surface area is 197 Å². The molecule has 7 heteroatoms. The molecule has 6 nitrogen and oxygen atoms in total. The van der Waals surface area contributed by atoms with Crippen LogP contribution >= 0.6 is 12.2 Å². The van der Waals surface area contributed by atoms with Gasteiger partial charge in [0.05, 0.1) is 12.8 Å². The summed E-state index contributed by atoms with van der Waals surface area (Å²) in [6.07, 6.45) is 1.52. The molecule has 1 saturated heterocycles. The first-order valence-electron chi connectivity index (χ1n) is 10.3. The maximum Gasteiger partial charge on any atom is 0.270 e. The summed E-state index contributed by atoms with van der Waals surface area (Å²) < 4.78 is 11.4. The lowest BCUT2D eigenvalue weighted by Gasteiger charge is -2.28. The largest absolute Gasteiger partial charge is 0.493 e. The van der Waals surface area contributed by atoms with Crippen LogP contribution in [0.3, 0.4) is 0 Å². The van der Waals surface area contributed by atoms with Crippen molar-refractivity contribution < 1.29 is 19.1 Å². The number of hydrogen-bond donors (Lipinski definition) is 1. The van der Waals surface area contributed by atoms with Crippen LogP contribution in [0.4, 0.5) is 5.69 Å². The Hall–Kier alpha value is -3.97. The van der Waals surface area contributed by atoms with Crippen LogP contribution in [0, 0.1) is 6.92 Å². The number of carbonyl (C=O) groups excluding carboxylic acids is 2. The summed E-state index contributed by atoms with van der Waals surface area (Å²) in [7, 11) is 1.54. The van der Waals surface area contributed by atoms with Gasteiger partial charge in [-0.05, 0) is 60.6 Å². The van der Waals surface area contributed by atoms with Gasteiger partial charge in [-0.2, -0.15) is 0 Å². The van der Waals surface area contributed by atoms with Gasteiger partial charge < -0.3 is 9.47 Å². The summed E-state index contributed by atoms with van der Waals surface area (Å²) in [5.41, 5.74) is 3.38. The minimum absolute atomic E-state index is 0.0251. The summed E-state index contributed by atoms with van der Waals surface area (Å²) in [6.45, 7) is 2.42. The van der Waals surface area contributed by atoms with Gasteiger partial charge in [0.2, 0.25) is 0 Å². The van der Waals surface area contributed by atoms with Crippen LogP contribution in [-0.4, -0.2) is 24.0 Å². The van der Waals surface area contributed by atoms with Gasteiger partial charge in [-0.15, -0.1) is 0 Å². The first-order valence-corrected chi connectivity index (χ1v) is 10.7. The second kappa shape index (κ2) is 9.67. The van der Waals surface area contributed by atoms with Crippen LogP contribution in [-0.2, 0) is 16.2 Å². The number of methoxy groups -OCH3 is 1. The third-order valence-corrected chi connectivity index (χ3v) is 5.38. The normalized spacial score (nSPS) is 14.9. The number of nitrogens with one attached hydrogen (secondary N) is 1. The van der Waals surface area contributed by atoms with Gasteiger partial charge in [0, 0.05) is 0 Å². The first-order chi connectivity index (χ1) is 16.0. The quantitative estimate of drug-likeness (QED) is 0.337. The predicted molar refractivity (Wildman–Crippen MR) is 131 cm³/mol. The zero-order valence-corrected chi connectivity index (χ0v) is 19.0. The average Bonchev–Trinajstić information content (AvgIpc) is 2.81. The molecule has 0 atom stereocenters. The summed E-state index contributed by atoms with van der Waals surface area (Å²) >= 11 is 5.22. The van der Waals surface area contributed by atoms with Gasteiger partial charge in [-0.3, -0.25) is 19.8 Å². The predicted octanol–water partition coefficient (Wildman–Crippen LogP) is 4.41. The molecule has 0 saturated carbocycles. The number of thiocarbonyl (C=S) groups is 1. The van der Waals surface area contributed by atoms with Gasteiger partial charge in [0.25, 0.3) is 11.8 Å². The van der Waals surface area contributed by atoms with Crippen LogP contribution < -0.4 is 19.7 Å². The smallest absolute Gasteiger partial charge is 0.270 e. The monoisotopic (exact) mass is 458 g/mol. The minimum Gasteiger partial charge on any atom is -0.493 e. The SMILES string of the molecule is COc1cc(/C=C2/C(=O)NC(=S)N(c3ccccc3)C2=O)ccc1OCc1cccc(C)c1. The summed E-state index contributed by atoms with van der Waals surface area (Å²) in [5, 5.41) is 2.63. The Kier molecular flexibility index (Phi) is 6.51. The molecule has 3 aromatic rings. The number of ether oxygens (including phenoxy) is 2. The molecule has 1 aliphatic heterocycles. The van der Waals surface area contributed by atoms with E-state index in [2.05, 4.69) is 11.4 Å². The molecule has 3 aromatic carbocycles. The minimum atomic E-state index is -0.545. The van der Waals surface area contributed by atoms with Crippen molar-refractivity contribution in [2.45, 2.75) is 13.5 Å². The van der Waals surface area contributed by atoms with E-state index in [9.17, 15) is 9.59 Å². The highest BCUT2D eigenvalue weighted by Gasteiger charge is 2.34. The molecular formula is C26H22N2O4S. The lowest BCUT2D eigenvalue weighted by Crippen LogP contribution is -2.54. The van der Waals surface area contributed by atoms with E-state index in [1.807, 2.05) is 31.2 Å². The van der Waals surface area contributed by atoms with Gasteiger partial charge in [-0.1, -0.05) is 54.1 Å². The van der Waals surface area contributed by atoms with E-state index in [0.29, 0.717) is 29.4 Å². The molecule has 0 aliphatic carbocycles. The van der Waals surface area contributed by atoms with Crippen LogP contribution in [0.25, 0.3) is 6.08 Å². The van der Waals surface area contributed by atoms with Gasteiger partial charge in [0.15, 0.2) is 16.6 Å². The topological polar surface area (TPSA) is 67.9 Å². The lowest BCUT2D eigenvalue weighted by molar-refractivity contribution is -0.122. The fourth-order valence-electron chi connectivity index (χ4n) is 3.49. The molecule has 4 rings (SSSR count). The van der Waals surface area contributed by atoms with Gasteiger partial charge in [-0.25, -0.2) is 0 Å². The van der Waals surface area contributed by atoms with E-state index in [-0.39, 0.29) is 10.7 Å². The van der Waals surface area contributed by atoms with Gasteiger partial charge in [0.1, 0.15) is 12.2 Å². The van der Waals surface area contributed by atoms with Crippen molar-refractivity contribution in [3.8, 4) is 11.5 Å². The number of aryl methyl sites for hydroxylation is 1. The van der Waals surface area contributed by atoms with Crippen molar-refractivity contribution in [2.24, 2.45) is 0 Å². The van der Waals surface area contributed by atoms with E-state index in [0.717, 1.165) is 11.1 Å². The van der Waals surface area contributed by atoms with Crippen molar-refractivity contribution in [3.05, 3.63) is 95.1 Å². The van der Waals surface area contributed by atoms with Crippen molar-refractivity contribution >= 4 is 40.9 Å². The third-order valence-electron chi connectivity index (χ3n) is 5.09. The summed E-state index contributed by atoms with van der Waals surface area (Å²) in [6, 6.07) is 22.2. The van der Waals surface area contributed by atoms with Crippen molar-refractivity contribution in [2.75, 3.05) is 12.0 Å². The lowest BCUT2D eigenvalue weighted by atomic mass is 10.1. The number of para-hydroxylation sites is 1. The Morgan fingerprint density at radius 2 is 1.76 bits per heavy atom. The fraction of sp³-hybridized carbons (Fsp3) is 0.115. The zero-order valence-electron chi connectivity index (χ0n) is 18.2. The Bertz CT molecular complexity index is 1250. The number of rotatable bonds is 6. The fourth-order valence-corrected chi connectivity index (χ4v) is 3.77. The van der Waals surface area contributed by atoms with Crippen molar-refractivity contribution in [1.82, 2.24) is 5.32 Å². The highest BCUT2D eigenvalue weighted by Crippen LogP contribution is 2.30. The van der Waals surface area contributed by atoms with E-state index in [1.54, 1.807) is 49.6 Å². The average molecular weight is 459 g/mol. The molecule has 0 unspecified atom stereocenters. The van der Waals surface area contributed by atoms with Crippen LogP contribution in [0.1, 0.15) is 16.7 Å². The second-order valence-corrected chi connectivity index (χ2v) is 7.87. The Morgan fingerprint density at radius 3 is 2.48 bits per heavy atom. The molecule has 33 heavy (non-hydrogen) atoms. The number of carbonyl (C=O) groups is 2. The molecule has 1 fully saturated rings. The second-order valence-electron chi connectivity index (χ2n) is 7.48. The van der Waals surface area contributed by atoms with Crippen LogP contribution in [0.2, 0.25) is 0 Å². The standard InChI is InChI=1S/C26H22N2O4S/c1-17-7-6-8-19(13-17)16-32-22-12-11-18(15-23(22)31-2)14-21-24(29)27-26(33)28(25(21)30)20-9-4-3-5-10-20/h3-15H,16H2,1-2H3,(H,27,29,33)/b21-14-. The van der Waals surface area contributed by atoms with Crippen molar-refractivity contribution in [1.29, 1.82) is 0 Å². The molecule has 166 valence electrons. The molecule has 2 amide bonds. The zero-order chi connectivity index (χ0) is 23.4. The maximum absolute atomic E-state index is 13.1. The van der Waals surface area contributed by atoms with E-state index >= 15 is 0 Å². The number of nitrogens with zero attached hydrogens (tertiary/aromatic N) is 1. The van der Waals surface area contributed by atoms with Crippen molar-refractivity contribution in [3.63, 3.8) is 0 Å². The molecule has 1 aliphatic rings. The molecule has 0 radical (unpaired) electrons. The highest BCUT2D eigenvalue weighted by molar-refractivity contribution is 7.80. The van der Waals surface area contributed by atoms with Crippen LogP contribution in [0.15, 0.2) is 78.4 Å².